The second-order valence-electron chi connectivity index (χ2n) is 8.73. The molecule has 3 saturated heterocycles. The quantitative estimate of drug-likeness (QED) is 0.171. The molecule has 0 aliphatic carbocycles. The predicted molar refractivity (Wildman–Crippen MR) is 100 cm³/mol. The van der Waals surface area contributed by atoms with Crippen molar-refractivity contribution in [3.63, 3.8) is 0 Å². The molecule has 3 heterocycles. The molecule has 0 aromatic heterocycles. The molecular formula is C18H32O15. The van der Waals surface area contributed by atoms with Crippen LogP contribution in [-0.2, 0) is 14.2 Å². The fourth-order valence-electron chi connectivity index (χ4n) is 4.82. The minimum atomic E-state index is -3.14. The standard InChI is InChI=1S/C18H32O15/c19-1-5-8(22)10(24)12(26)15(32-5)17(29)4-31-7(3-21)14(28)18(17,30)16-13(27)11(25)9(23)6(2-20)33-16/h5-16,19-30H,1-4H2/t5-,6-,7-,8-,9-,10+,11+,12-,13-,14?,15-,16-,17-,18-/m1/s1. The summed E-state index contributed by atoms with van der Waals surface area (Å²) in [7, 11) is 0. The van der Waals surface area contributed by atoms with Gasteiger partial charge in [-0.1, -0.05) is 0 Å². The van der Waals surface area contributed by atoms with E-state index in [2.05, 4.69) is 0 Å². The number of rotatable bonds is 5. The van der Waals surface area contributed by atoms with Crippen LogP contribution in [0.5, 0.6) is 0 Å². The molecule has 3 aliphatic heterocycles. The third kappa shape index (κ3) is 4.00. The molecule has 12 N–H and O–H groups in total. The molecule has 194 valence electrons. The molecular weight excluding hydrogens is 456 g/mol. The van der Waals surface area contributed by atoms with E-state index >= 15 is 0 Å². The minimum absolute atomic E-state index is 0.890. The summed E-state index contributed by atoms with van der Waals surface area (Å²) in [5.41, 5.74) is -6.11. The summed E-state index contributed by atoms with van der Waals surface area (Å²) in [6.07, 6.45) is -23.3. The molecule has 3 fully saturated rings. The molecule has 0 aromatic carbocycles. The van der Waals surface area contributed by atoms with E-state index in [0.29, 0.717) is 0 Å². The van der Waals surface area contributed by atoms with Gasteiger partial charge in [0.15, 0.2) is 11.2 Å². The van der Waals surface area contributed by atoms with Gasteiger partial charge in [-0.15, -0.1) is 0 Å². The van der Waals surface area contributed by atoms with Gasteiger partial charge in [0.1, 0.15) is 73.2 Å². The number of ether oxygens (including phenoxy) is 3. The predicted octanol–water partition coefficient (Wildman–Crippen LogP) is -8.11. The van der Waals surface area contributed by atoms with Crippen molar-refractivity contribution in [3.8, 4) is 0 Å². The van der Waals surface area contributed by atoms with Gasteiger partial charge in [-0.25, -0.2) is 0 Å². The number of aliphatic hydroxyl groups excluding tert-OH is 10. The number of hydrogen-bond donors (Lipinski definition) is 12. The average molecular weight is 488 g/mol. The Bertz CT molecular complexity index is 665. The van der Waals surface area contributed by atoms with Gasteiger partial charge >= 0.3 is 0 Å². The van der Waals surface area contributed by atoms with Crippen LogP contribution < -0.4 is 0 Å². The van der Waals surface area contributed by atoms with Crippen LogP contribution in [0.1, 0.15) is 0 Å². The smallest absolute Gasteiger partial charge is 0.155 e. The topological polar surface area (TPSA) is 270 Å². The largest absolute Gasteiger partial charge is 0.394 e. The first-order valence-electron chi connectivity index (χ1n) is 10.4. The van der Waals surface area contributed by atoms with Gasteiger partial charge in [-0.05, 0) is 0 Å². The first-order valence-corrected chi connectivity index (χ1v) is 10.4. The van der Waals surface area contributed by atoms with E-state index in [1.165, 1.54) is 0 Å². The van der Waals surface area contributed by atoms with Crippen molar-refractivity contribution >= 4 is 0 Å². The third-order valence-electron chi connectivity index (χ3n) is 6.88. The lowest BCUT2D eigenvalue weighted by Gasteiger charge is -2.60. The fraction of sp³-hybridized carbons (Fsp3) is 1.00. The lowest BCUT2D eigenvalue weighted by Crippen LogP contribution is -2.85. The van der Waals surface area contributed by atoms with Crippen LogP contribution in [0.4, 0.5) is 0 Å². The van der Waals surface area contributed by atoms with Crippen molar-refractivity contribution in [2.75, 3.05) is 26.4 Å². The Kier molecular flexibility index (Phi) is 8.02. The van der Waals surface area contributed by atoms with Crippen LogP contribution in [0.3, 0.4) is 0 Å². The monoisotopic (exact) mass is 488 g/mol. The maximum absolute atomic E-state index is 11.7. The van der Waals surface area contributed by atoms with Crippen LogP contribution in [0.25, 0.3) is 0 Å². The SMILES string of the molecule is OC[C@H]1OC[C@@](O)([C@@H]2O[C@H](CO)[C@@H](O)[C@H](O)[C@H]2O)[C@](O)([C@@H]2O[C@H](CO)[C@@H](O)[C@H](O)[C@H]2O)C1O. The maximum Gasteiger partial charge on any atom is 0.155 e. The van der Waals surface area contributed by atoms with Crippen LogP contribution in [0.15, 0.2) is 0 Å². The molecule has 0 amide bonds. The highest BCUT2D eigenvalue weighted by Gasteiger charge is 2.72. The molecule has 14 atom stereocenters. The molecule has 3 aliphatic rings. The van der Waals surface area contributed by atoms with Gasteiger partial charge in [0.25, 0.3) is 0 Å². The zero-order valence-corrected chi connectivity index (χ0v) is 17.3. The Labute approximate surface area is 187 Å². The molecule has 0 aromatic rings. The molecule has 1 unspecified atom stereocenters. The van der Waals surface area contributed by atoms with Gasteiger partial charge in [-0.3, -0.25) is 0 Å². The van der Waals surface area contributed by atoms with Crippen LogP contribution >= 0.6 is 0 Å². The van der Waals surface area contributed by atoms with Gasteiger partial charge in [-0.2, -0.15) is 0 Å². The van der Waals surface area contributed by atoms with Crippen molar-refractivity contribution < 1.29 is 75.5 Å². The van der Waals surface area contributed by atoms with Crippen molar-refractivity contribution in [1.29, 1.82) is 0 Å². The Morgan fingerprint density at radius 1 is 0.576 bits per heavy atom. The summed E-state index contributed by atoms with van der Waals surface area (Å²) in [4.78, 5) is 0. The lowest BCUT2D eigenvalue weighted by molar-refractivity contribution is -0.391. The molecule has 15 nitrogen and oxygen atoms in total. The Morgan fingerprint density at radius 3 is 1.45 bits per heavy atom. The van der Waals surface area contributed by atoms with E-state index in [4.69, 9.17) is 14.2 Å². The van der Waals surface area contributed by atoms with Crippen LogP contribution in [0, 0.1) is 0 Å². The Balaban J connectivity index is 2.11. The summed E-state index contributed by atoms with van der Waals surface area (Å²) in [5.74, 6) is 0. The van der Waals surface area contributed by atoms with Crippen LogP contribution in [0.2, 0.25) is 0 Å². The normalized spacial score (nSPS) is 56.0. The number of aliphatic hydroxyl groups is 12. The summed E-state index contributed by atoms with van der Waals surface area (Å²) in [5, 5.41) is 124. The Morgan fingerprint density at radius 2 is 1.00 bits per heavy atom. The average Bonchev–Trinajstić information content (AvgIpc) is 2.80. The number of hydrogen-bond acceptors (Lipinski definition) is 15. The summed E-state index contributed by atoms with van der Waals surface area (Å²) < 4.78 is 15.9. The van der Waals surface area contributed by atoms with E-state index in [1.807, 2.05) is 0 Å². The zero-order valence-electron chi connectivity index (χ0n) is 17.3. The Hall–Kier alpha value is -0.600. The van der Waals surface area contributed by atoms with E-state index < -0.39 is 111 Å². The molecule has 15 heteroatoms. The molecule has 3 rings (SSSR count). The fourth-order valence-corrected chi connectivity index (χ4v) is 4.82. The minimum Gasteiger partial charge on any atom is -0.394 e. The first kappa shape index (κ1) is 27.0. The summed E-state index contributed by atoms with van der Waals surface area (Å²) >= 11 is 0. The summed E-state index contributed by atoms with van der Waals surface area (Å²) in [6.45, 7) is -3.69. The second-order valence-corrected chi connectivity index (χ2v) is 8.73. The van der Waals surface area contributed by atoms with Crippen molar-refractivity contribution in [2.24, 2.45) is 0 Å². The van der Waals surface area contributed by atoms with Crippen LogP contribution in [-0.4, -0.2) is 172 Å². The highest BCUT2D eigenvalue weighted by Crippen LogP contribution is 2.46. The van der Waals surface area contributed by atoms with Gasteiger partial charge < -0.3 is 75.5 Å². The van der Waals surface area contributed by atoms with Crippen molar-refractivity contribution in [2.45, 2.75) is 84.4 Å². The highest BCUT2D eigenvalue weighted by molar-refractivity contribution is 5.21. The molecule has 0 saturated carbocycles. The highest BCUT2D eigenvalue weighted by atomic mass is 16.6. The van der Waals surface area contributed by atoms with Gasteiger partial charge in [0.2, 0.25) is 0 Å². The van der Waals surface area contributed by atoms with E-state index in [1.54, 1.807) is 0 Å². The first-order chi connectivity index (χ1) is 15.4. The van der Waals surface area contributed by atoms with E-state index in [-0.39, 0.29) is 0 Å². The van der Waals surface area contributed by atoms with Crippen molar-refractivity contribution in [3.05, 3.63) is 0 Å². The third-order valence-corrected chi connectivity index (χ3v) is 6.88. The van der Waals surface area contributed by atoms with Crippen molar-refractivity contribution in [1.82, 2.24) is 0 Å². The molecule has 33 heavy (non-hydrogen) atoms. The van der Waals surface area contributed by atoms with Gasteiger partial charge in [0.05, 0.1) is 26.4 Å². The summed E-state index contributed by atoms with van der Waals surface area (Å²) in [6, 6.07) is 0. The maximum atomic E-state index is 11.7. The second kappa shape index (κ2) is 9.81. The van der Waals surface area contributed by atoms with E-state index in [0.717, 1.165) is 0 Å². The molecule has 0 spiro atoms. The molecule has 0 bridgehead atoms. The van der Waals surface area contributed by atoms with E-state index in [9.17, 15) is 61.3 Å². The lowest BCUT2D eigenvalue weighted by atomic mass is 9.64. The zero-order chi connectivity index (χ0) is 24.9. The van der Waals surface area contributed by atoms with Gasteiger partial charge in [0, 0.05) is 0 Å². The molecule has 0 radical (unpaired) electrons.